The number of carbonyl (C=O) groups excluding carboxylic acids is 1. The molecule has 0 bridgehead atoms. The second kappa shape index (κ2) is 7.55. The third-order valence-electron chi connectivity index (χ3n) is 3.16. The zero-order chi connectivity index (χ0) is 19.6. The fourth-order valence-corrected chi connectivity index (χ4v) is 4.01. The molecule has 0 spiro atoms. The van der Waals surface area contributed by atoms with Crippen LogP contribution in [0.3, 0.4) is 0 Å². The van der Waals surface area contributed by atoms with Gasteiger partial charge in [-0.1, -0.05) is 29.0 Å². The Balaban J connectivity index is 1.78. The van der Waals surface area contributed by atoms with E-state index in [1.54, 1.807) is 4.72 Å². The monoisotopic (exact) mass is 430 g/mol. The third kappa shape index (κ3) is 4.38. The largest absolute Gasteiger partial charge is 0.296 e. The number of halogens is 3. The summed E-state index contributed by atoms with van der Waals surface area (Å²) in [7, 11) is -4.40. The molecule has 0 atom stereocenters. The standard InChI is InChI=1S/C15H9ClF2N4O3S2/c16-9-6-4-8(5-7-9)13(23)19-14-20-21-15(26-14)27(24,25)22-12-10(17)2-1-3-11(12)18/h1-7,22H,(H,19,20,23). The first-order valence-corrected chi connectivity index (χ1v) is 9.81. The van der Waals surface area contributed by atoms with Crippen LogP contribution in [0.4, 0.5) is 19.6 Å². The first kappa shape index (κ1) is 19.1. The molecule has 0 aliphatic heterocycles. The number of rotatable bonds is 5. The quantitative estimate of drug-likeness (QED) is 0.603. The molecule has 2 N–H and O–H groups in total. The van der Waals surface area contributed by atoms with Crippen LogP contribution in [0.1, 0.15) is 10.4 Å². The van der Waals surface area contributed by atoms with Crippen LogP contribution in [-0.2, 0) is 10.0 Å². The van der Waals surface area contributed by atoms with Gasteiger partial charge in [-0.25, -0.2) is 8.78 Å². The lowest BCUT2D eigenvalue weighted by Crippen LogP contribution is -2.15. The number of nitrogens with zero attached hydrogens (tertiary/aromatic N) is 2. The Labute approximate surface area is 161 Å². The second-order valence-corrected chi connectivity index (χ2v) is 8.31. The SMILES string of the molecule is O=C(Nc1nnc(S(=O)(=O)Nc2c(F)cccc2F)s1)c1ccc(Cl)cc1. The van der Waals surface area contributed by atoms with Crippen molar-refractivity contribution in [3.05, 3.63) is 64.7 Å². The molecule has 1 heterocycles. The first-order valence-electron chi connectivity index (χ1n) is 7.13. The van der Waals surface area contributed by atoms with Crippen molar-refractivity contribution >= 4 is 49.7 Å². The average molecular weight is 431 g/mol. The van der Waals surface area contributed by atoms with E-state index in [4.69, 9.17) is 11.6 Å². The van der Waals surface area contributed by atoms with E-state index >= 15 is 0 Å². The van der Waals surface area contributed by atoms with Crippen molar-refractivity contribution in [2.24, 2.45) is 0 Å². The summed E-state index contributed by atoms with van der Waals surface area (Å²) >= 11 is 6.26. The Hall–Kier alpha value is -2.63. The maximum Gasteiger partial charge on any atom is 0.291 e. The van der Waals surface area contributed by atoms with Gasteiger partial charge in [-0.15, -0.1) is 10.2 Å². The smallest absolute Gasteiger partial charge is 0.291 e. The normalized spacial score (nSPS) is 11.2. The van der Waals surface area contributed by atoms with Crippen LogP contribution in [0.5, 0.6) is 0 Å². The minimum Gasteiger partial charge on any atom is -0.296 e. The Morgan fingerprint density at radius 1 is 1.04 bits per heavy atom. The molecule has 1 aromatic heterocycles. The van der Waals surface area contributed by atoms with Gasteiger partial charge in [-0.2, -0.15) is 8.42 Å². The zero-order valence-electron chi connectivity index (χ0n) is 13.1. The second-order valence-electron chi connectivity index (χ2n) is 5.04. The topological polar surface area (TPSA) is 101 Å². The highest BCUT2D eigenvalue weighted by Crippen LogP contribution is 2.25. The molecule has 3 rings (SSSR count). The molecule has 140 valence electrons. The van der Waals surface area contributed by atoms with Crippen LogP contribution in [0.2, 0.25) is 5.02 Å². The average Bonchev–Trinajstić information content (AvgIpc) is 3.08. The predicted octanol–water partition coefficient (Wildman–Crippen LogP) is 3.52. The van der Waals surface area contributed by atoms with Gasteiger partial charge in [-0.05, 0) is 36.4 Å². The first-order chi connectivity index (χ1) is 12.8. The maximum absolute atomic E-state index is 13.6. The maximum atomic E-state index is 13.6. The summed E-state index contributed by atoms with van der Waals surface area (Å²) < 4.78 is 53.0. The van der Waals surface area contributed by atoms with Gasteiger partial charge < -0.3 is 0 Å². The summed E-state index contributed by atoms with van der Waals surface area (Å²) in [6, 6.07) is 8.87. The molecule has 0 radical (unpaired) electrons. The molecule has 1 amide bonds. The summed E-state index contributed by atoms with van der Waals surface area (Å²) in [5.74, 6) is -2.72. The molecule has 0 aliphatic rings. The summed E-state index contributed by atoms with van der Waals surface area (Å²) in [6.07, 6.45) is 0. The van der Waals surface area contributed by atoms with E-state index in [1.165, 1.54) is 24.3 Å². The Morgan fingerprint density at radius 3 is 2.30 bits per heavy atom. The number of hydrogen-bond donors (Lipinski definition) is 2. The number of nitrogens with one attached hydrogen (secondary N) is 2. The molecule has 0 saturated carbocycles. The third-order valence-corrected chi connectivity index (χ3v) is 5.97. The molecule has 2 aromatic carbocycles. The Bertz CT molecular complexity index is 1080. The highest BCUT2D eigenvalue weighted by molar-refractivity contribution is 7.94. The van der Waals surface area contributed by atoms with Crippen molar-refractivity contribution in [1.29, 1.82) is 0 Å². The predicted molar refractivity (Wildman–Crippen MR) is 96.5 cm³/mol. The number of amides is 1. The van der Waals surface area contributed by atoms with Gasteiger partial charge in [0.1, 0.15) is 17.3 Å². The molecular formula is C15H9ClF2N4O3S2. The lowest BCUT2D eigenvalue weighted by molar-refractivity contribution is 0.102. The Morgan fingerprint density at radius 2 is 1.67 bits per heavy atom. The molecule has 0 unspecified atom stereocenters. The number of sulfonamides is 1. The summed E-state index contributed by atoms with van der Waals surface area (Å²) in [5.41, 5.74) is -0.565. The van der Waals surface area contributed by atoms with E-state index in [-0.39, 0.29) is 10.7 Å². The minimum atomic E-state index is -4.40. The van der Waals surface area contributed by atoms with Gasteiger partial charge in [0.15, 0.2) is 0 Å². The summed E-state index contributed by atoms with van der Waals surface area (Å²) in [4.78, 5) is 12.1. The van der Waals surface area contributed by atoms with Gasteiger partial charge in [0.25, 0.3) is 20.3 Å². The van der Waals surface area contributed by atoms with E-state index in [9.17, 15) is 22.0 Å². The number of para-hydroxylation sites is 1. The number of aromatic nitrogens is 2. The fraction of sp³-hybridized carbons (Fsp3) is 0. The van der Waals surface area contributed by atoms with Gasteiger partial charge in [0.2, 0.25) is 5.13 Å². The number of carbonyl (C=O) groups is 1. The van der Waals surface area contributed by atoms with Crippen molar-refractivity contribution in [3.8, 4) is 0 Å². The highest BCUT2D eigenvalue weighted by atomic mass is 35.5. The molecule has 7 nitrogen and oxygen atoms in total. The van der Waals surface area contributed by atoms with Crippen LogP contribution >= 0.6 is 22.9 Å². The highest BCUT2D eigenvalue weighted by Gasteiger charge is 2.24. The van der Waals surface area contributed by atoms with E-state index in [1.807, 2.05) is 0 Å². The lowest BCUT2D eigenvalue weighted by Gasteiger charge is -2.06. The van der Waals surface area contributed by atoms with Crippen molar-refractivity contribution in [3.63, 3.8) is 0 Å². The summed E-state index contributed by atoms with van der Waals surface area (Å²) in [6.45, 7) is 0. The van der Waals surface area contributed by atoms with Crippen LogP contribution in [0, 0.1) is 11.6 Å². The van der Waals surface area contributed by atoms with Crippen molar-refractivity contribution in [2.75, 3.05) is 10.0 Å². The summed E-state index contributed by atoms with van der Waals surface area (Å²) in [5, 5.41) is 9.72. The lowest BCUT2D eigenvalue weighted by atomic mass is 10.2. The van der Waals surface area contributed by atoms with E-state index in [0.29, 0.717) is 16.4 Å². The van der Waals surface area contributed by atoms with Crippen LogP contribution in [0.15, 0.2) is 46.8 Å². The number of benzene rings is 2. The van der Waals surface area contributed by atoms with Gasteiger partial charge >= 0.3 is 0 Å². The van der Waals surface area contributed by atoms with Crippen LogP contribution in [-0.4, -0.2) is 24.5 Å². The molecule has 0 saturated heterocycles. The molecule has 0 fully saturated rings. The van der Waals surface area contributed by atoms with Crippen molar-refractivity contribution in [1.82, 2.24) is 10.2 Å². The number of hydrogen-bond acceptors (Lipinski definition) is 6. The van der Waals surface area contributed by atoms with Crippen LogP contribution < -0.4 is 10.0 Å². The Kier molecular flexibility index (Phi) is 5.35. The zero-order valence-corrected chi connectivity index (χ0v) is 15.5. The van der Waals surface area contributed by atoms with Crippen molar-refractivity contribution < 1.29 is 22.0 Å². The minimum absolute atomic E-state index is 0.107. The van der Waals surface area contributed by atoms with Crippen molar-refractivity contribution in [2.45, 2.75) is 4.34 Å². The van der Waals surface area contributed by atoms with E-state index in [2.05, 4.69) is 15.5 Å². The fourth-order valence-electron chi connectivity index (χ4n) is 1.91. The van der Waals surface area contributed by atoms with Gasteiger partial charge in [-0.3, -0.25) is 14.8 Å². The van der Waals surface area contributed by atoms with Gasteiger partial charge in [0.05, 0.1) is 0 Å². The number of anilines is 2. The van der Waals surface area contributed by atoms with Gasteiger partial charge in [0, 0.05) is 10.6 Å². The van der Waals surface area contributed by atoms with Crippen LogP contribution in [0.25, 0.3) is 0 Å². The molecule has 27 heavy (non-hydrogen) atoms. The molecular weight excluding hydrogens is 422 g/mol. The van der Waals surface area contributed by atoms with E-state index < -0.39 is 37.6 Å². The molecule has 12 heteroatoms. The molecule has 0 aliphatic carbocycles. The molecule has 3 aromatic rings. The van der Waals surface area contributed by atoms with E-state index in [0.717, 1.165) is 18.2 Å².